The smallest absolute Gasteiger partial charge is 0.198 e. The van der Waals surface area contributed by atoms with Crippen LogP contribution in [0.25, 0.3) is 6.08 Å². The Bertz CT molecular complexity index is 1380. The molecule has 0 radical (unpaired) electrons. The van der Waals surface area contributed by atoms with Gasteiger partial charge in [0.05, 0.1) is 5.57 Å². The highest BCUT2D eigenvalue weighted by molar-refractivity contribution is 7.17. The molecule has 0 spiro atoms. The molecule has 32 heavy (non-hydrogen) atoms. The Kier molecular flexibility index (Phi) is 4.27. The zero-order valence-corrected chi connectivity index (χ0v) is 20.2. The summed E-state index contributed by atoms with van der Waals surface area (Å²) in [4.78, 5) is 28.6. The molecule has 0 amide bonds. The monoisotopic (exact) mass is 469 g/mol. The van der Waals surface area contributed by atoms with E-state index in [1.165, 1.54) is 33.1 Å². The Morgan fingerprint density at radius 2 is 1.34 bits per heavy atom. The fraction of sp³-hybridized carbons (Fsp3) is 0.0769. The highest BCUT2D eigenvalue weighted by atomic mass is 32.1. The minimum atomic E-state index is -1.81. The van der Waals surface area contributed by atoms with Crippen molar-refractivity contribution in [2.75, 3.05) is 4.90 Å². The van der Waals surface area contributed by atoms with E-state index < -0.39 is 8.07 Å². The van der Waals surface area contributed by atoms with E-state index >= 15 is 0 Å². The lowest BCUT2D eigenvalue weighted by Gasteiger charge is -2.40. The summed E-state index contributed by atoms with van der Waals surface area (Å²) in [6.45, 7) is 4.81. The summed E-state index contributed by atoms with van der Waals surface area (Å²) >= 11 is 3.00. The van der Waals surface area contributed by atoms with Crippen molar-refractivity contribution in [1.82, 2.24) is 0 Å². The van der Waals surface area contributed by atoms with Gasteiger partial charge in [0.1, 0.15) is 13.1 Å². The molecule has 156 valence electrons. The van der Waals surface area contributed by atoms with Crippen molar-refractivity contribution in [2.45, 2.75) is 13.1 Å². The van der Waals surface area contributed by atoms with Crippen molar-refractivity contribution in [3.05, 3.63) is 93.0 Å². The molecule has 4 aromatic rings. The summed E-state index contributed by atoms with van der Waals surface area (Å²) in [6.07, 6.45) is 1.75. The van der Waals surface area contributed by atoms with Crippen LogP contribution >= 0.6 is 22.7 Å². The summed E-state index contributed by atoms with van der Waals surface area (Å²) in [5.41, 5.74) is 3.78. The van der Waals surface area contributed by atoms with Gasteiger partial charge in [-0.15, -0.1) is 11.3 Å². The maximum atomic E-state index is 12.7. The van der Waals surface area contributed by atoms with Crippen LogP contribution in [0, 0.1) is 0 Å². The highest BCUT2D eigenvalue weighted by Crippen LogP contribution is 2.42. The predicted octanol–water partition coefficient (Wildman–Crippen LogP) is 5.88. The molecule has 0 saturated heterocycles. The van der Waals surface area contributed by atoms with Gasteiger partial charge < -0.3 is 4.90 Å². The van der Waals surface area contributed by atoms with Gasteiger partial charge in [0, 0.05) is 38.1 Å². The normalized spacial score (nSPS) is 16.1. The van der Waals surface area contributed by atoms with Gasteiger partial charge >= 0.3 is 0 Å². The molecule has 0 atom stereocenters. The molecule has 2 aromatic carbocycles. The van der Waals surface area contributed by atoms with Gasteiger partial charge in [-0.1, -0.05) is 49.5 Å². The number of carbonyl (C=O) groups is 2. The second-order valence-corrected chi connectivity index (χ2v) is 14.8. The zero-order valence-electron chi connectivity index (χ0n) is 17.6. The van der Waals surface area contributed by atoms with E-state index in [1.807, 2.05) is 6.07 Å². The molecule has 0 saturated carbocycles. The van der Waals surface area contributed by atoms with Crippen molar-refractivity contribution in [3.8, 4) is 0 Å². The Morgan fingerprint density at radius 1 is 0.781 bits per heavy atom. The van der Waals surface area contributed by atoms with E-state index in [4.69, 9.17) is 0 Å². The molecular weight excluding hydrogens is 451 g/mol. The number of fused-ring (bicyclic) bond motifs is 3. The first kappa shape index (κ1) is 19.6. The summed E-state index contributed by atoms with van der Waals surface area (Å²) in [7, 11) is -1.81. The summed E-state index contributed by atoms with van der Waals surface area (Å²) in [6, 6.07) is 21.4. The largest absolute Gasteiger partial charge is 0.302 e. The fourth-order valence-corrected chi connectivity index (χ4v) is 9.54. The molecule has 1 aliphatic heterocycles. The number of allylic oxidation sites excluding steroid dienone is 1. The fourth-order valence-electron chi connectivity index (χ4n) is 4.76. The molecule has 6 rings (SSSR count). The van der Waals surface area contributed by atoms with E-state index in [-0.39, 0.29) is 17.1 Å². The second kappa shape index (κ2) is 6.97. The van der Waals surface area contributed by atoms with Crippen LogP contribution in [-0.2, 0) is 0 Å². The van der Waals surface area contributed by atoms with Gasteiger partial charge in [0.15, 0.2) is 11.6 Å². The summed E-state index contributed by atoms with van der Waals surface area (Å²) < 4.78 is 0. The number of hydrogen-bond acceptors (Lipinski definition) is 5. The third-order valence-corrected chi connectivity index (χ3v) is 11.7. The lowest BCUT2D eigenvalue weighted by Crippen LogP contribution is -2.58. The Labute approximate surface area is 195 Å². The van der Waals surface area contributed by atoms with Crippen molar-refractivity contribution in [3.63, 3.8) is 0 Å². The molecule has 3 heterocycles. The maximum Gasteiger partial charge on any atom is 0.198 e. The lowest BCUT2D eigenvalue weighted by atomic mass is 10.1. The summed E-state index contributed by atoms with van der Waals surface area (Å²) in [5.74, 6) is -0.328. The molecule has 3 nitrogen and oxygen atoms in total. The molecule has 2 aromatic heterocycles. The second-order valence-electron chi connectivity index (χ2n) is 8.59. The SMILES string of the molecule is C[Si]1(C)c2ccccc2N(c2ccc(C=C3C(=O)c4cscc4C3=O)s2)c2ccccc21. The molecule has 2 aliphatic rings. The van der Waals surface area contributed by atoms with Gasteiger partial charge in [-0.2, -0.15) is 11.3 Å². The van der Waals surface area contributed by atoms with Crippen molar-refractivity contribution >= 4 is 75.1 Å². The average Bonchev–Trinajstić information content (AvgIpc) is 3.51. The summed E-state index contributed by atoms with van der Waals surface area (Å²) in [5, 5.41) is 7.44. The van der Waals surface area contributed by atoms with E-state index in [9.17, 15) is 9.59 Å². The molecule has 0 bridgehead atoms. The van der Waals surface area contributed by atoms with Crippen LogP contribution in [-0.4, -0.2) is 19.6 Å². The lowest BCUT2D eigenvalue weighted by molar-refractivity contribution is 0.0990. The van der Waals surface area contributed by atoms with Gasteiger partial charge in [-0.25, -0.2) is 0 Å². The highest BCUT2D eigenvalue weighted by Gasteiger charge is 2.38. The van der Waals surface area contributed by atoms with Crippen LogP contribution in [0.15, 0.2) is 77.0 Å². The van der Waals surface area contributed by atoms with Crippen LogP contribution in [0.5, 0.6) is 0 Å². The molecule has 0 N–H and O–H groups in total. The van der Waals surface area contributed by atoms with Gasteiger partial charge in [-0.3, -0.25) is 9.59 Å². The first-order valence-corrected chi connectivity index (χ1v) is 15.2. The molecule has 0 unspecified atom stereocenters. The Morgan fingerprint density at radius 3 is 1.94 bits per heavy atom. The average molecular weight is 470 g/mol. The number of carbonyl (C=O) groups excluding carboxylic acids is 2. The van der Waals surface area contributed by atoms with Crippen molar-refractivity contribution < 1.29 is 9.59 Å². The topological polar surface area (TPSA) is 37.4 Å². The van der Waals surface area contributed by atoms with Crippen LogP contribution in [0.3, 0.4) is 0 Å². The van der Waals surface area contributed by atoms with Crippen LogP contribution in [0.4, 0.5) is 16.4 Å². The number of Topliss-reactive ketones (excluding diaryl/α,β-unsaturated/α-hetero) is 2. The van der Waals surface area contributed by atoms with Crippen molar-refractivity contribution in [2.24, 2.45) is 0 Å². The number of ketones is 2. The number of rotatable bonds is 2. The number of nitrogens with zero attached hydrogens (tertiary/aromatic N) is 1. The number of para-hydroxylation sites is 2. The molecule has 0 fully saturated rings. The first-order chi connectivity index (χ1) is 15.5. The van der Waals surface area contributed by atoms with E-state index in [0.717, 1.165) is 9.88 Å². The van der Waals surface area contributed by atoms with Gasteiger partial charge in [0.2, 0.25) is 0 Å². The van der Waals surface area contributed by atoms with E-state index in [0.29, 0.717) is 11.1 Å². The number of hydrogen-bond donors (Lipinski definition) is 0. The predicted molar refractivity (Wildman–Crippen MR) is 137 cm³/mol. The number of anilines is 3. The standard InChI is InChI=1S/C26H19NO2S2Si/c1-32(2)22-9-5-3-7-20(22)27(21-8-4-6-10-23(21)32)24-12-11-16(31-24)13-17-25(28)18-14-30-15-19(18)26(17)29/h3-15H,1-2H3. The third kappa shape index (κ3) is 2.70. The van der Waals surface area contributed by atoms with E-state index in [2.05, 4.69) is 72.6 Å². The van der Waals surface area contributed by atoms with Crippen molar-refractivity contribution in [1.29, 1.82) is 0 Å². The number of benzene rings is 2. The van der Waals surface area contributed by atoms with E-state index in [1.54, 1.807) is 28.2 Å². The Hall–Kier alpha value is -3.06. The first-order valence-electron chi connectivity index (χ1n) is 10.4. The Balaban J connectivity index is 1.46. The van der Waals surface area contributed by atoms with Gasteiger partial charge in [-0.05, 0) is 40.7 Å². The quantitative estimate of drug-likeness (QED) is 0.209. The number of thiophene rings is 2. The van der Waals surface area contributed by atoms with Crippen LogP contribution in [0.1, 0.15) is 25.6 Å². The zero-order chi connectivity index (χ0) is 22.0. The molecule has 6 heteroatoms. The van der Waals surface area contributed by atoms with Crippen LogP contribution in [0.2, 0.25) is 13.1 Å². The third-order valence-electron chi connectivity index (χ3n) is 6.40. The molecular formula is C26H19NO2S2Si. The van der Waals surface area contributed by atoms with Crippen LogP contribution < -0.4 is 15.3 Å². The minimum absolute atomic E-state index is 0.164. The maximum absolute atomic E-state index is 12.7. The minimum Gasteiger partial charge on any atom is -0.302 e. The van der Waals surface area contributed by atoms with Gasteiger partial charge in [0.25, 0.3) is 0 Å². The molecule has 1 aliphatic carbocycles.